The zero-order valence-corrected chi connectivity index (χ0v) is 13.1. The highest BCUT2D eigenvalue weighted by Gasteiger charge is 2.36. The number of carbonyl (C=O) groups excluding carboxylic acids is 1. The molecule has 2 rings (SSSR count). The van der Waals surface area contributed by atoms with Crippen LogP contribution in [0.3, 0.4) is 0 Å². The zero-order chi connectivity index (χ0) is 14.5. The SMILES string of the molecule is CCSCC(C)N1C(=O)CNC1c1ccccc1OC. The summed E-state index contributed by atoms with van der Waals surface area (Å²) < 4.78 is 5.42. The van der Waals surface area contributed by atoms with Crippen molar-refractivity contribution in [2.45, 2.75) is 26.1 Å². The van der Waals surface area contributed by atoms with Crippen molar-refractivity contribution in [1.82, 2.24) is 10.2 Å². The Balaban J connectivity index is 2.23. The lowest BCUT2D eigenvalue weighted by Crippen LogP contribution is -2.39. The first-order valence-electron chi connectivity index (χ1n) is 6.94. The van der Waals surface area contributed by atoms with E-state index < -0.39 is 0 Å². The molecule has 0 saturated carbocycles. The molecule has 0 bridgehead atoms. The number of rotatable bonds is 6. The van der Waals surface area contributed by atoms with Gasteiger partial charge in [0.2, 0.25) is 5.91 Å². The van der Waals surface area contributed by atoms with Gasteiger partial charge < -0.3 is 9.64 Å². The molecule has 0 spiro atoms. The molecule has 110 valence electrons. The second-order valence-corrected chi connectivity index (χ2v) is 6.15. The predicted molar refractivity (Wildman–Crippen MR) is 83.0 cm³/mol. The largest absolute Gasteiger partial charge is 0.496 e. The van der Waals surface area contributed by atoms with Crippen molar-refractivity contribution in [2.24, 2.45) is 0 Å². The maximum absolute atomic E-state index is 12.2. The number of nitrogens with zero attached hydrogens (tertiary/aromatic N) is 1. The quantitative estimate of drug-likeness (QED) is 0.874. The van der Waals surface area contributed by atoms with Crippen LogP contribution in [-0.2, 0) is 4.79 Å². The van der Waals surface area contributed by atoms with Gasteiger partial charge in [0.05, 0.1) is 13.7 Å². The minimum atomic E-state index is -0.0916. The van der Waals surface area contributed by atoms with Crippen LogP contribution in [0.4, 0.5) is 0 Å². The molecule has 2 atom stereocenters. The van der Waals surface area contributed by atoms with Crippen LogP contribution in [0.1, 0.15) is 25.6 Å². The first-order chi connectivity index (χ1) is 9.69. The zero-order valence-electron chi connectivity index (χ0n) is 12.3. The summed E-state index contributed by atoms with van der Waals surface area (Å²) in [7, 11) is 1.66. The minimum Gasteiger partial charge on any atom is -0.496 e. The number of methoxy groups -OCH3 is 1. The van der Waals surface area contributed by atoms with E-state index in [0.29, 0.717) is 6.54 Å². The molecule has 1 aromatic carbocycles. The van der Waals surface area contributed by atoms with Gasteiger partial charge in [-0.15, -0.1) is 0 Å². The molecule has 20 heavy (non-hydrogen) atoms. The van der Waals surface area contributed by atoms with Crippen molar-refractivity contribution >= 4 is 17.7 Å². The number of hydrogen-bond donors (Lipinski definition) is 1. The molecule has 1 heterocycles. The molecule has 5 heteroatoms. The standard InChI is InChI=1S/C15H22N2O2S/c1-4-20-10-11(2)17-14(18)9-16-15(17)12-7-5-6-8-13(12)19-3/h5-8,11,15-16H,4,9-10H2,1-3H3. The second kappa shape index (κ2) is 6.99. The van der Waals surface area contributed by atoms with Gasteiger partial charge in [-0.3, -0.25) is 10.1 Å². The number of ether oxygens (including phenoxy) is 1. The van der Waals surface area contributed by atoms with E-state index in [1.807, 2.05) is 40.9 Å². The summed E-state index contributed by atoms with van der Waals surface area (Å²) in [5.41, 5.74) is 1.02. The maximum atomic E-state index is 12.2. The van der Waals surface area contributed by atoms with E-state index in [2.05, 4.69) is 19.2 Å². The number of carbonyl (C=O) groups is 1. The second-order valence-electron chi connectivity index (χ2n) is 4.83. The number of nitrogens with one attached hydrogen (secondary N) is 1. The minimum absolute atomic E-state index is 0.0916. The van der Waals surface area contributed by atoms with Crippen LogP contribution < -0.4 is 10.1 Å². The Morgan fingerprint density at radius 3 is 2.95 bits per heavy atom. The molecule has 1 aliphatic heterocycles. The normalized spacial score (nSPS) is 20.2. The van der Waals surface area contributed by atoms with Gasteiger partial charge in [0.25, 0.3) is 0 Å². The first-order valence-corrected chi connectivity index (χ1v) is 8.09. The van der Waals surface area contributed by atoms with Gasteiger partial charge >= 0.3 is 0 Å². The lowest BCUT2D eigenvalue weighted by atomic mass is 10.1. The van der Waals surface area contributed by atoms with Gasteiger partial charge in [0.1, 0.15) is 11.9 Å². The van der Waals surface area contributed by atoms with Gasteiger partial charge in [-0.05, 0) is 18.7 Å². The van der Waals surface area contributed by atoms with E-state index in [-0.39, 0.29) is 18.1 Å². The topological polar surface area (TPSA) is 41.6 Å². The molecular weight excluding hydrogens is 272 g/mol. The summed E-state index contributed by atoms with van der Waals surface area (Å²) in [6, 6.07) is 8.08. The first kappa shape index (κ1) is 15.2. The Hall–Kier alpha value is -1.20. The van der Waals surface area contributed by atoms with Gasteiger partial charge in [-0.1, -0.05) is 25.1 Å². The Bertz CT molecular complexity index is 467. The molecule has 1 saturated heterocycles. The van der Waals surface area contributed by atoms with Crippen molar-refractivity contribution < 1.29 is 9.53 Å². The Kier molecular flexibility index (Phi) is 5.31. The summed E-state index contributed by atoms with van der Waals surface area (Å²) in [4.78, 5) is 14.1. The van der Waals surface area contributed by atoms with Crippen LogP contribution in [0.2, 0.25) is 0 Å². The van der Waals surface area contributed by atoms with Crippen LogP contribution in [0.25, 0.3) is 0 Å². The molecule has 1 fully saturated rings. The van der Waals surface area contributed by atoms with E-state index in [0.717, 1.165) is 22.8 Å². The lowest BCUT2D eigenvalue weighted by Gasteiger charge is -2.31. The van der Waals surface area contributed by atoms with Crippen LogP contribution in [0.15, 0.2) is 24.3 Å². The number of benzene rings is 1. The lowest BCUT2D eigenvalue weighted by molar-refractivity contribution is -0.129. The molecular formula is C15H22N2O2S. The number of para-hydroxylation sites is 1. The highest BCUT2D eigenvalue weighted by Crippen LogP contribution is 2.31. The summed E-state index contributed by atoms with van der Waals surface area (Å²) in [5, 5.41) is 3.29. The average Bonchev–Trinajstić information content (AvgIpc) is 2.86. The Morgan fingerprint density at radius 1 is 1.50 bits per heavy atom. The number of amides is 1. The Labute approximate surface area is 124 Å². The summed E-state index contributed by atoms with van der Waals surface area (Å²) in [6.07, 6.45) is -0.0916. The number of hydrogen-bond acceptors (Lipinski definition) is 4. The van der Waals surface area contributed by atoms with Crippen molar-refractivity contribution in [1.29, 1.82) is 0 Å². The molecule has 4 nitrogen and oxygen atoms in total. The molecule has 0 aromatic heterocycles. The Morgan fingerprint density at radius 2 is 2.25 bits per heavy atom. The number of thioether (sulfide) groups is 1. The van der Waals surface area contributed by atoms with Crippen LogP contribution in [0.5, 0.6) is 5.75 Å². The molecule has 0 aliphatic carbocycles. The average molecular weight is 294 g/mol. The van der Waals surface area contributed by atoms with Crippen LogP contribution in [-0.4, -0.2) is 42.0 Å². The van der Waals surface area contributed by atoms with Crippen LogP contribution >= 0.6 is 11.8 Å². The highest BCUT2D eigenvalue weighted by atomic mass is 32.2. The maximum Gasteiger partial charge on any atom is 0.238 e. The fraction of sp³-hybridized carbons (Fsp3) is 0.533. The third-order valence-corrected chi connectivity index (χ3v) is 4.61. The van der Waals surface area contributed by atoms with Gasteiger partial charge in [-0.2, -0.15) is 11.8 Å². The monoisotopic (exact) mass is 294 g/mol. The molecule has 1 N–H and O–H groups in total. The van der Waals surface area contributed by atoms with E-state index in [1.54, 1.807) is 7.11 Å². The molecule has 1 amide bonds. The van der Waals surface area contributed by atoms with Gasteiger partial charge in [0.15, 0.2) is 0 Å². The molecule has 1 aliphatic rings. The third kappa shape index (κ3) is 3.10. The molecule has 2 unspecified atom stereocenters. The highest BCUT2D eigenvalue weighted by molar-refractivity contribution is 7.99. The smallest absolute Gasteiger partial charge is 0.238 e. The van der Waals surface area contributed by atoms with Crippen molar-refractivity contribution in [3.8, 4) is 5.75 Å². The van der Waals surface area contributed by atoms with E-state index in [1.165, 1.54) is 0 Å². The van der Waals surface area contributed by atoms with E-state index >= 15 is 0 Å². The van der Waals surface area contributed by atoms with Crippen LogP contribution in [0, 0.1) is 0 Å². The van der Waals surface area contributed by atoms with Gasteiger partial charge in [0, 0.05) is 17.4 Å². The third-order valence-electron chi connectivity index (χ3n) is 3.48. The van der Waals surface area contributed by atoms with E-state index in [4.69, 9.17) is 4.74 Å². The summed E-state index contributed by atoms with van der Waals surface area (Å²) >= 11 is 1.86. The summed E-state index contributed by atoms with van der Waals surface area (Å²) in [6.45, 7) is 4.64. The van der Waals surface area contributed by atoms with Crippen molar-refractivity contribution in [3.63, 3.8) is 0 Å². The predicted octanol–water partition coefficient (Wildman–Crippen LogP) is 2.27. The van der Waals surface area contributed by atoms with E-state index in [9.17, 15) is 4.79 Å². The van der Waals surface area contributed by atoms with Crippen molar-refractivity contribution in [3.05, 3.63) is 29.8 Å². The fourth-order valence-corrected chi connectivity index (χ4v) is 3.28. The fourth-order valence-electron chi connectivity index (χ4n) is 2.54. The molecule has 1 aromatic rings. The molecule has 0 radical (unpaired) electrons. The van der Waals surface area contributed by atoms with Crippen molar-refractivity contribution in [2.75, 3.05) is 25.2 Å². The summed E-state index contributed by atoms with van der Waals surface area (Å²) in [5.74, 6) is 3.00. The van der Waals surface area contributed by atoms with Gasteiger partial charge in [-0.25, -0.2) is 0 Å².